The predicted octanol–water partition coefficient (Wildman–Crippen LogP) is 3.59. The van der Waals surface area contributed by atoms with Crippen LogP contribution < -0.4 is 5.32 Å². The Kier molecular flexibility index (Phi) is 4.08. The number of aromatic nitrogens is 2. The minimum absolute atomic E-state index is 0.626. The van der Waals surface area contributed by atoms with E-state index in [9.17, 15) is 0 Å². The highest BCUT2D eigenvalue weighted by molar-refractivity contribution is 5.30. The van der Waals surface area contributed by atoms with Crippen molar-refractivity contribution in [1.82, 2.24) is 9.55 Å². The molecule has 3 heteroatoms. The highest BCUT2D eigenvalue weighted by Crippen LogP contribution is 2.29. The predicted molar refractivity (Wildman–Crippen MR) is 72.3 cm³/mol. The van der Waals surface area contributed by atoms with Crippen LogP contribution in [0.25, 0.3) is 0 Å². The molecule has 96 valence electrons. The zero-order chi connectivity index (χ0) is 12.3. The van der Waals surface area contributed by atoms with Crippen LogP contribution in [0.4, 0.5) is 5.95 Å². The van der Waals surface area contributed by atoms with E-state index >= 15 is 0 Å². The van der Waals surface area contributed by atoms with E-state index in [2.05, 4.69) is 41.8 Å². The van der Waals surface area contributed by atoms with Gasteiger partial charge in [-0.3, -0.25) is 0 Å². The van der Waals surface area contributed by atoms with Gasteiger partial charge >= 0.3 is 0 Å². The minimum Gasteiger partial charge on any atom is -0.353 e. The molecular weight excluding hydrogens is 210 g/mol. The topological polar surface area (TPSA) is 29.9 Å². The van der Waals surface area contributed by atoms with Gasteiger partial charge in [0.05, 0.1) is 5.69 Å². The summed E-state index contributed by atoms with van der Waals surface area (Å²) in [7, 11) is 0. The summed E-state index contributed by atoms with van der Waals surface area (Å²) in [4.78, 5) is 4.60. The van der Waals surface area contributed by atoms with Gasteiger partial charge in [-0.25, -0.2) is 4.98 Å². The molecule has 1 aromatic rings. The van der Waals surface area contributed by atoms with Crippen LogP contribution in [0.3, 0.4) is 0 Å². The van der Waals surface area contributed by atoms with Gasteiger partial charge in [-0.05, 0) is 32.6 Å². The first-order chi connectivity index (χ1) is 8.24. The molecule has 1 N–H and O–H groups in total. The summed E-state index contributed by atoms with van der Waals surface area (Å²) in [5.74, 6) is 1.89. The average molecular weight is 235 g/mol. The Bertz CT molecular complexity index is 356. The largest absolute Gasteiger partial charge is 0.353 e. The molecule has 1 heterocycles. The molecule has 0 bridgehead atoms. The van der Waals surface area contributed by atoms with Crippen molar-refractivity contribution in [1.29, 1.82) is 0 Å². The number of rotatable bonds is 4. The summed E-state index contributed by atoms with van der Waals surface area (Å²) in [5.41, 5.74) is 1.11. The van der Waals surface area contributed by atoms with Crippen molar-refractivity contribution in [3.05, 3.63) is 11.9 Å². The lowest BCUT2D eigenvalue weighted by atomic mass is 9.83. The molecule has 0 aromatic carbocycles. The van der Waals surface area contributed by atoms with Crippen LogP contribution in [0.15, 0.2) is 6.20 Å². The number of nitrogens with one attached hydrogen (secondary N) is 1. The number of anilines is 1. The van der Waals surface area contributed by atoms with Gasteiger partial charge in [0.25, 0.3) is 0 Å². The van der Waals surface area contributed by atoms with Gasteiger partial charge < -0.3 is 9.88 Å². The highest BCUT2D eigenvalue weighted by atomic mass is 15.2. The summed E-state index contributed by atoms with van der Waals surface area (Å²) in [6.45, 7) is 7.54. The Hall–Kier alpha value is -0.990. The molecule has 1 aliphatic rings. The SMILES string of the molecule is CCC1CCCCC1Nc1nc(C)cn1CC. The second-order valence-corrected chi connectivity index (χ2v) is 5.20. The molecule has 3 nitrogen and oxygen atoms in total. The van der Waals surface area contributed by atoms with Crippen molar-refractivity contribution in [3.8, 4) is 0 Å². The van der Waals surface area contributed by atoms with Crippen LogP contribution in [0.2, 0.25) is 0 Å². The van der Waals surface area contributed by atoms with Gasteiger partial charge in [-0.1, -0.05) is 26.2 Å². The molecular formula is C14H25N3. The fraction of sp³-hybridized carbons (Fsp3) is 0.786. The molecule has 0 aliphatic heterocycles. The van der Waals surface area contributed by atoms with E-state index in [1.807, 2.05) is 0 Å². The maximum Gasteiger partial charge on any atom is 0.203 e. The molecule has 2 unspecified atom stereocenters. The molecule has 0 saturated heterocycles. The van der Waals surface area contributed by atoms with E-state index in [0.717, 1.165) is 24.1 Å². The molecule has 0 amide bonds. The lowest BCUT2D eigenvalue weighted by molar-refractivity contribution is 0.315. The smallest absolute Gasteiger partial charge is 0.203 e. The zero-order valence-corrected chi connectivity index (χ0v) is 11.4. The number of aryl methyl sites for hydroxylation is 2. The van der Waals surface area contributed by atoms with Crippen molar-refractivity contribution in [3.63, 3.8) is 0 Å². The summed E-state index contributed by atoms with van der Waals surface area (Å²) < 4.78 is 2.22. The van der Waals surface area contributed by atoms with Crippen LogP contribution in [-0.4, -0.2) is 15.6 Å². The van der Waals surface area contributed by atoms with Crippen molar-refractivity contribution in [2.45, 2.75) is 65.5 Å². The summed E-state index contributed by atoms with van der Waals surface area (Å²) >= 11 is 0. The van der Waals surface area contributed by atoms with Crippen LogP contribution >= 0.6 is 0 Å². The van der Waals surface area contributed by atoms with Crippen molar-refractivity contribution in [2.75, 3.05) is 5.32 Å². The van der Waals surface area contributed by atoms with Gasteiger partial charge in [0.15, 0.2) is 0 Å². The Morgan fingerprint density at radius 2 is 2.12 bits per heavy atom. The number of hydrogen-bond acceptors (Lipinski definition) is 2. The van der Waals surface area contributed by atoms with Gasteiger partial charge in [0.1, 0.15) is 0 Å². The monoisotopic (exact) mass is 235 g/mol. The quantitative estimate of drug-likeness (QED) is 0.864. The second kappa shape index (κ2) is 5.56. The van der Waals surface area contributed by atoms with Crippen molar-refractivity contribution in [2.24, 2.45) is 5.92 Å². The first-order valence-corrected chi connectivity index (χ1v) is 7.04. The molecule has 1 fully saturated rings. The van der Waals surface area contributed by atoms with E-state index in [4.69, 9.17) is 0 Å². The van der Waals surface area contributed by atoms with Crippen LogP contribution in [-0.2, 0) is 6.54 Å². The molecule has 1 saturated carbocycles. The van der Waals surface area contributed by atoms with E-state index in [-0.39, 0.29) is 0 Å². The minimum atomic E-state index is 0.626. The molecule has 2 atom stereocenters. The Balaban J connectivity index is 2.07. The second-order valence-electron chi connectivity index (χ2n) is 5.20. The van der Waals surface area contributed by atoms with Crippen LogP contribution in [0.5, 0.6) is 0 Å². The first-order valence-electron chi connectivity index (χ1n) is 7.04. The van der Waals surface area contributed by atoms with E-state index in [1.165, 1.54) is 32.1 Å². The summed E-state index contributed by atoms with van der Waals surface area (Å²) in [6.07, 6.45) is 8.85. The van der Waals surface area contributed by atoms with Gasteiger partial charge in [-0.15, -0.1) is 0 Å². The van der Waals surface area contributed by atoms with E-state index < -0.39 is 0 Å². The number of hydrogen-bond donors (Lipinski definition) is 1. The fourth-order valence-corrected chi connectivity index (χ4v) is 2.96. The van der Waals surface area contributed by atoms with Crippen LogP contribution in [0, 0.1) is 12.8 Å². The molecule has 1 aliphatic carbocycles. The van der Waals surface area contributed by atoms with E-state index in [0.29, 0.717) is 6.04 Å². The Morgan fingerprint density at radius 3 is 2.82 bits per heavy atom. The summed E-state index contributed by atoms with van der Waals surface area (Å²) in [6, 6.07) is 0.626. The van der Waals surface area contributed by atoms with Crippen molar-refractivity contribution >= 4 is 5.95 Å². The third kappa shape index (κ3) is 2.82. The molecule has 0 spiro atoms. The molecule has 1 aromatic heterocycles. The number of nitrogens with zero attached hydrogens (tertiary/aromatic N) is 2. The first kappa shape index (κ1) is 12.5. The fourth-order valence-electron chi connectivity index (χ4n) is 2.96. The zero-order valence-electron chi connectivity index (χ0n) is 11.4. The normalized spacial score (nSPS) is 24.9. The number of imidazole rings is 1. The van der Waals surface area contributed by atoms with Crippen molar-refractivity contribution < 1.29 is 0 Å². The Morgan fingerprint density at radius 1 is 1.35 bits per heavy atom. The molecule has 17 heavy (non-hydrogen) atoms. The molecule has 0 radical (unpaired) electrons. The van der Waals surface area contributed by atoms with Gasteiger partial charge in [0.2, 0.25) is 5.95 Å². The van der Waals surface area contributed by atoms with Gasteiger partial charge in [-0.2, -0.15) is 0 Å². The average Bonchev–Trinajstić information content (AvgIpc) is 2.70. The Labute approximate surface area is 105 Å². The summed E-state index contributed by atoms with van der Waals surface area (Å²) in [5, 5.41) is 3.67. The lowest BCUT2D eigenvalue weighted by Gasteiger charge is -2.31. The highest BCUT2D eigenvalue weighted by Gasteiger charge is 2.24. The third-order valence-corrected chi connectivity index (χ3v) is 3.99. The van der Waals surface area contributed by atoms with Gasteiger partial charge in [0, 0.05) is 18.8 Å². The third-order valence-electron chi connectivity index (χ3n) is 3.99. The maximum atomic E-state index is 4.60. The van der Waals surface area contributed by atoms with E-state index in [1.54, 1.807) is 0 Å². The standard InChI is InChI=1S/C14H25N3/c1-4-12-8-6-7-9-13(12)16-14-15-11(3)10-17(14)5-2/h10,12-13H,4-9H2,1-3H3,(H,15,16). The maximum absolute atomic E-state index is 4.60. The molecule has 2 rings (SSSR count). The lowest BCUT2D eigenvalue weighted by Crippen LogP contribution is -2.32. The van der Waals surface area contributed by atoms with Crippen LogP contribution in [0.1, 0.15) is 51.6 Å².